The van der Waals surface area contributed by atoms with Crippen LogP contribution in [0, 0.1) is 0 Å². The van der Waals surface area contributed by atoms with Gasteiger partial charge in [0.15, 0.2) is 0 Å². The monoisotopic (exact) mass is 257 g/mol. The zero-order valence-electron chi connectivity index (χ0n) is 11.3. The number of hydrogen-bond donors (Lipinski definition) is 1. The van der Waals surface area contributed by atoms with Crippen LogP contribution in [0.15, 0.2) is 30.6 Å². The highest BCUT2D eigenvalue weighted by atomic mass is 16.5. The van der Waals surface area contributed by atoms with E-state index in [1.54, 1.807) is 0 Å². The third kappa shape index (κ3) is 2.43. The first kappa shape index (κ1) is 12.1. The minimum absolute atomic E-state index is 0.164. The van der Waals surface area contributed by atoms with Crippen LogP contribution in [0.3, 0.4) is 0 Å². The molecular weight excluding hydrogens is 238 g/mol. The van der Waals surface area contributed by atoms with E-state index in [0.29, 0.717) is 6.04 Å². The third-order valence-corrected chi connectivity index (χ3v) is 3.25. The molecule has 0 atom stereocenters. The highest BCUT2D eigenvalue weighted by Gasteiger charge is 2.26. The predicted octanol–water partition coefficient (Wildman–Crippen LogP) is 3.25. The van der Waals surface area contributed by atoms with Gasteiger partial charge in [-0.05, 0) is 38.8 Å². The molecule has 0 spiro atoms. The van der Waals surface area contributed by atoms with Gasteiger partial charge >= 0.3 is 0 Å². The molecule has 100 valence electrons. The predicted molar refractivity (Wildman–Crippen MR) is 76.1 cm³/mol. The van der Waals surface area contributed by atoms with E-state index in [9.17, 15) is 0 Å². The highest BCUT2D eigenvalue weighted by molar-refractivity contribution is 5.71. The maximum absolute atomic E-state index is 6.19. The number of nitrogens with two attached hydrogens (primary N) is 1. The van der Waals surface area contributed by atoms with Crippen LogP contribution in [0.25, 0.3) is 11.3 Å². The average Bonchev–Trinajstić information content (AvgIpc) is 3.12. The summed E-state index contributed by atoms with van der Waals surface area (Å²) in [6.45, 7) is 4.03. The molecule has 0 amide bonds. The van der Waals surface area contributed by atoms with Gasteiger partial charge < -0.3 is 15.0 Å². The van der Waals surface area contributed by atoms with Crippen molar-refractivity contribution in [2.24, 2.45) is 0 Å². The Labute approximate surface area is 113 Å². The summed E-state index contributed by atoms with van der Waals surface area (Å²) >= 11 is 0. The number of benzene rings is 1. The zero-order valence-corrected chi connectivity index (χ0v) is 11.3. The summed E-state index contributed by atoms with van der Waals surface area (Å²) in [5, 5.41) is 0. The Balaban J connectivity index is 1.93. The topological polar surface area (TPSA) is 53.1 Å². The molecule has 4 nitrogen and oxygen atoms in total. The molecule has 0 saturated heterocycles. The van der Waals surface area contributed by atoms with Crippen LogP contribution in [0.2, 0.25) is 0 Å². The van der Waals surface area contributed by atoms with Crippen molar-refractivity contribution in [3.63, 3.8) is 0 Å². The van der Waals surface area contributed by atoms with Crippen LogP contribution in [0.5, 0.6) is 5.75 Å². The van der Waals surface area contributed by atoms with Crippen LogP contribution in [0.1, 0.15) is 32.7 Å². The molecular formula is C15H19N3O. The Morgan fingerprint density at radius 1 is 1.37 bits per heavy atom. The summed E-state index contributed by atoms with van der Waals surface area (Å²) in [6, 6.07) is 8.50. The maximum atomic E-state index is 6.19. The Kier molecular flexibility index (Phi) is 2.93. The van der Waals surface area contributed by atoms with Crippen LogP contribution >= 0.6 is 0 Å². The van der Waals surface area contributed by atoms with Gasteiger partial charge in [-0.1, -0.05) is 12.1 Å². The largest absolute Gasteiger partial charge is 0.491 e. The van der Waals surface area contributed by atoms with Gasteiger partial charge in [0.2, 0.25) is 0 Å². The van der Waals surface area contributed by atoms with Gasteiger partial charge in [0.1, 0.15) is 17.3 Å². The third-order valence-electron chi connectivity index (χ3n) is 3.25. The summed E-state index contributed by atoms with van der Waals surface area (Å²) in [5.41, 5.74) is 8.04. The van der Waals surface area contributed by atoms with E-state index in [-0.39, 0.29) is 6.10 Å². The summed E-state index contributed by atoms with van der Waals surface area (Å²) in [5.74, 6) is 1.61. The molecule has 2 N–H and O–H groups in total. The second-order valence-corrected chi connectivity index (χ2v) is 5.31. The van der Waals surface area contributed by atoms with Gasteiger partial charge in [-0.15, -0.1) is 0 Å². The van der Waals surface area contributed by atoms with E-state index in [0.717, 1.165) is 22.8 Å². The molecule has 1 fully saturated rings. The highest BCUT2D eigenvalue weighted by Crippen LogP contribution is 2.39. The number of ether oxygens (including phenoxy) is 1. The molecule has 1 aromatic heterocycles. The zero-order chi connectivity index (χ0) is 13.4. The van der Waals surface area contributed by atoms with Crippen molar-refractivity contribution >= 4 is 5.82 Å². The summed E-state index contributed by atoms with van der Waals surface area (Å²) < 4.78 is 7.78. The number of hydrogen-bond acceptors (Lipinski definition) is 3. The normalized spacial score (nSPS) is 14.9. The summed E-state index contributed by atoms with van der Waals surface area (Å²) in [6.07, 6.45) is 4.42. The molecule has 3 rings (SSSR count). The minimum atomic E-state index is 0.164. The fraction of sp³-hybridized carbons (Fsp3) is 0.400. The van der Waals surface area contributed by atoms with Gasteiger partial charge in [0.05, 0.1) is 12.4 Å². The van der Waals surface area contributed by atoms with Crippen LogP contribution < -0.4 is 10.5 Å². The lowest BCUT2D eigenvalue weighted by Crippen LogP contribution is -2.05. The van der Waals surface area contributed by atoms with E-state index in [2.05, 4.69) is 9.55 Å². The SMILES string of the molecule is CC(C)Oc1cccc(-c2ncn(C3CC3)c2N)c1. The number of nitrogen functional groups attached to an aromatic ring is 1. The van der Waals surface area contributed by atoms with Gasteiger partial charge in [-0.2, -0.15) is 0 Å². The second kappa shape index (κ2) is 4.61. The van der Waals surface area contributed by atoms with Crippen molar-refractivity contribution in [3.05, 3.63) is 30.6 Å². The molecule has 1 aliphatic carbocycles. The molecule has 0 aliphatic heterocycles. The van der Waals surface area contributed by atoms with Gasteiger partial charge in [0, 0.05) is 11.6 Å². The van der Waals surface area contributed by atoms with E-state index in [1.807, 2.05) is 44.4 Å². The first-order chi connectivity index (χ1) is 9.15. The van der Waals surface area contributed by atoms with Crippen molar-refractivity contribution in [1.29, 1.82) is 0 Å². The molecule has 4 heteroatoms. The standard InChI is InChI=1S/C15H19N3O/c1-10(2)19-13-5-3-4-11(8-13)14-15(16)18(9-17-14)12-6-7-12/h3-5,8-10,12H,6-7,16H2,1-2H3. The fourth-order valence-electron chi connectivity index (χ4n) is 2.23. The number of rotatable bonds is 4. The van der Waals surface area contributed by atoms with E-state index in [1.165, 1.54) is 12.8 Å². The molecule has 19 heavy (non-hydrogen) atoms. The lowest BCUT2D eigenvalue weighted by atomic mass is 10.1. The lowest BCUT2D eigenvalue weighted by Gasteiger charge is -2.10. The maximum Gasteiger partial charge on any atom is 0.131 e. The molecule has 2 aromatic rings. The van der Waals surface area contributed by atoms with Crippen LogP contribution in [-0.4, -0.2) is 15.7 Å². The molecule has 0 radical (unpaired) electrons. The van der Waals surface area contributed by atoms with Crippen molar-refractivity contribution in [3.8, 4) is 17.0 Å². The molecule has 1 aliphatic rings. The number of nitrogens with zero attached hydrogens (tertiary/aromatic N) is 2. The van der Waals surface area contributed by atoms with E-state index in [4.69, 9.17) is 10.5 Å². The van der Waals surface area contributed by atoms with E-state index >= 15 is 0 Å². The Hall–Kier alpha value is -1.97. The number of imidazole rings is 1. The molecule has 0 bridgehead atoms. The quantitative estimate of drug-likeness (QED) is 0.914. The van der Waals surface area contributed by atoms with Crippen molar-refractivity contribution in [2.45, 2.75) is 38.8 Å². The molecule has 1 saturated carbocycles. The molecule has 1 aromatic carbocycles. The van der Waals surface area contributed by atoms with Crippen molar-refractivity contribution in [2.75, 3.05) is 5.73 Å². The first-order valence-electron chi connectivity index (χ1n) is 6.74. The fourth-order valence-corrected chi connectivity index (χ4v) is 2.23. The van der Waals surface area contributed by atoms with Crippen molar-refractivity contribution in [1.82, 2.24) is 9.55 Å². The van der Waals surface area contributed by atoms with E-state index < -0.39 is 0 Å². The van der Waals surface area contributed by atoms with Crippen LogP contribution in [-0.2, 0) is 0 Å². The Bertz CT molecular complexity index is 585. The Morgan fingerprint density at radius 2 is 2.16 bits per heavy atom. The average molecular weight is 257 g/mol. The lowest BCUT2D eigenvalue weighted by molar-refractivity contribution is 0.242. The second-order valence-electron chi connectivity index (χ2n) is 5.31. The van der Waals surface area contributed by atoms with Gasteiger partial charge in [-0.25, -0.2) is 4.98 Å². The summed E-state index contributed by atoms with van der Waals surface area (Å²) in [4.78, 5) is 4.45. The van der Waals surface area contributed by atoms with Gasteiger partial charge in [0.25, 0.3) is 0 Å². The Morgan fingerprint density at radius 3 is 2.84 bits per heavy atom. The van der Waals surface area contributed by atoms with Crippen LogP contribution in [0.4, 0.5) is 5.82 Å². The number of anilines is 1. The minimum Gasteiger partial charge on any atom is -0.491 e. The first-order valence-corrected chi connectivity index (χ1v) is 6.74. The van der Waals surface area contributed by atoms with Gasteiger partial charge in [-0.3, -0.25) is 0 Å². The van der Waals surface area contributed by atoms with Crippen molar-refractivity contribution < 1.29 is 4.74 Å². The smallest absolute Gasteiger partial charge is 0.131 e. The number of aromatic nitrogens is 2. The molecule has 0 unspecified atom stereocenters. The molecule has 1 heterocycles. The summed E-state index contributed by atoms with van der Waals surface area (Å²) in [7, 11) is 0.